The van der Waals surface area contributed by atoms with Crippen molar-refractivity contribution in [2.24, 2.45) is 0 Å². The Balaban J connectivity index is 2.80. The van der Waals surface area contributed by atoms with Gasteiger partial charge in [0.05, 0.1) is 18.8 Å². The molecular formula is C16H33NO4Si. The molecule has 0 aromatic carbocycles. The lowest BCUT2D eigenvalue weighted by Crippen LogP contribution is -2.50. The second kappa shape index (κ2) is 6.49. The van der Waals surface area contributed by atoms with E-state index in [1.165, 1.54) is 0 Å². The van der Waals surface area contributed by atoms with Crippen molar-refractivity contribution in [3.05, 3.63) is 0 Å². The van der Waals surface area contributed by atoms with Gasteiger partial charge in [-0.2, -0.15) is 0 Å². The largest absolute Gasteiger partial charge is 0.444 e. The van der Waals surface area contributed by atoms with Crippen LogP contribution >= 0.6 is 0 Å². The zero-order chi connectivity index (χ0) is 17.3. The summed E-state index contributed by atoms with van der Waals surface area (Å²) >= 11 is 0. The van der Waals surface area contributed by atoms with E-state index in [0.29, 0.717) is 6.54 Å². The summed E-state index contributed by atoms with van der Waals surface area (Å²) in [5, 5.41) is 9.84. The molecule has 1 fully saturated rings. The van der Waals surface area contributed by atoms with Crippen LogP contribution in [0.15, 0.2) is 0 Å². The topological polar surface area (TPSA) is 59.0 Å². The van der Waals surface area contributed by atoms with Crippen LogP contribution in [0.25, 0.3) is 0 Å². The normalized spacial score (nSPS) is 23.8. The molecule has 1 aliphatic heterocycles. The van der Waals surface area contributed by atoms with Crippen LogP contribution in [0.4, 0.5) is 4.79 Å². The molecule has 1 rings (SSSR count). The molecule has 1 saturated heterocycles. The minimum absolute atomic E-state index is 0.0987. The highest BCUT2D eigenvalue weighted by Crippen LogP contribution is 2.39. The van der Waals surface area contributed by atoms with Crippen LogP contribution in [0.3, 0.4) is 0 Å². The molecule has 0 spiro atoms. The molecule has 130 valence electrons. The summed E-state index contributed by atoms with van der Waals surface area (Å²) in [5.74, 6) is 0. The predicted octanol–water partition coefficient (Wildman–Crippen LogP) is 3.38. The van der Waals surface area contributed by atoms with Gasteiger partial charge in [0.25, 0.3) is 0 Å². The number of rotatable bonds is 3. The van der Waals surface area contributed by atoms with Crippen molar-refractivity contribution in [1.82, 2.24) is 4.90 Å². The summed E-state index contributed by atoms with van der Waals surface area (Å²) in [7, 11) is -1.93. The Labute approximate surface area is 136 Å². The molecule has 22 heavy (non-hydrogen) atoms. The second-order valence-corrected chi connectivity index (χ2v) is 13.4. The molecule has 0 bridgehead atoms. The van der Waals surface area contributed by atoms with E-state index in [9.17, 15) is 9.90 Å². The molecule has 5 nitrogen and oxygen atoms in total. The number of ether oxygens (including phenoxy) is 1. The Bertz CT molecular complexity index is 398. The average Bonchev–Trinajstić information content (AvgIpc) is 2.67. The number of hydrogen-bond donors (Lipinski definition) is 1. The lowest BCUT2D eigenvalue weighted by Gasteiger charge is -2.40. The molecular weight excluding hydrogens is 298 g/mol. The summed E-state index contributed by atoms with van der Waals surface area (Å²) < 4.78 is 11.8. The van der Waals surface area contributed by atoms with E-state index in [-0.39, 0.29) is 29.9 Å². The van der Waals surface area contributed by atoms with Crippen molar-refractivity contribution >= 4 is 14.4 Å². The smallest absolute Gasteiger partial charge is 0.410 e. The first-order valence-electron chi connectivity index (χ1n) is 8.07. The summed E-state index contributed by atoms with van der Waals surface area (Å²) in [6, 6.07) is -0.316. The number of carbonyl (C=O) groups is 1. The molecule has 1 aliphatic rings. The molecule has 0 aliphatic carbocycles. The van der Waals surface area contributed by atoms with E-state index in [2.05, 4.69) is 33.9 Å². The zero-order valence-electron chi connectivity index (χ0n) is 15.4. The van der Waals surface area contributed by atoms with Gasteiger partial charge in [0.1, 0.15) is 5.60 Å². The van der Waals surface area contributed by atoms with Crippen molar-refractivity contribution in [3.8, 4) is 0 Å². The molecule has 1 unspecified atom stereocenters. The lowest BCUT2D eigenvalue weighted by atomic mass is 10.2. The van der Waals surface area contributed by atoms with Gasteiger partial charge in [-0.3, -0.25) is 0 Å². The third-order valence-corrected chi connectivity index (χ3v) is 9.06. The zero-order valence-corrected chi connectivity index (χ0v) is 16.4. The SMILES string of the molecule is CC(C)(C)OC(=O)N1CCC(O[Si](C)(C)C(C)(C)C)[C@@H]1CO. The van der Waals surface area contributed by atoms with E-state index in [1.807, 2.05) is 20.8 Å². The van der Waals surface area contributed by atoms with Crippen LogP contribution in [0.5, 0.6) is 0 Å². The summed E-state index contributed by atoms with van der Waals surface area (Å²) in [6.45, 7) is 17.0. The van der Waals surface area contributed by atoms with Crippen LogP contribution < -0.4 is 0 Å². The molecule has 6 heteroatoms. The van der Waals surface area contributed by atoms with E-state index in [1.54, 1.807) is 4.90 Å². The highest BCUT2D eigenvalue weighted by molar-refractivity contribution is 6.74. The highest BCUT2D eigenvalue weighted by atomic mass is 28.4. The first-order valence-corrected chi connectivity index (χ1v) is 11.0. The number of nitrogens with zero attached hydrogens (tertiary/aromatic N) is 1. The molecule has 0 radical (unpaired) electrons. The van der Waals surface area contributed by atoms with Crippen LogP contribution in [0.2, 0.25) is 18.1 Å². The molecule has 2 atom stereocenters. The summed E-state index contributed by atoms with van der Waals surface area (Å²) in [6.07, 6.45) is 0.267. The standard InChI is InChI=1S/C16H33NO4Si/c1-15(2,3)20-14(19)17-10-9-13(12(17)11-18)21-22(7,8)16(4,5)6/h12-13,18H,9-11H2,1-8H3/t12-,13?/m0/s1. The van der Waals surface area contributed by atoms with Crippen LogP contribution in [0.1, 0.15) is 48.0 Å². The Hall–Kier alpha value is -0.593. The minimum atomic E-state index is -1.93. The first kappa shape index (κ1) is 19.5. The maximum Gasteiger partial charge on any atom is 0.410 e. The number of aliphatic hydroxyl groups is 1. The molecule has 1 heterocycles. The predicted molar refractivity (Wildman–Crippen MR) is 90.5 cm³/mol. The maximum absolute atomic E-state index is 12.3. The monoisotopic (exact) mass is 331 g/mol. The van der Waals surface area contributed by atoms with Gasteiger partial charge in [-0.15, -0.1) is 0 Å². The van der Waals surface area contributed by atoms with Gasteiger partial charge >= 0.3 is 6.09 Å². The number of aliphatic hydroxyl groups excluding tert-OH is 1. The van der Waals surface area contributed by atoms with E-state index in [0.717, 1.165) is 6.42 Å². The number of amides is 1. The van der Waals surface area contributed by atoms with E-state index >= 15 is 0 Å². The van der Waals surface area contributed by atoms with E-state index in [4.69, 9.17) is 9.16 Å². The van der Waals surface area contributed by atoms with Crippen molar-refractivity contribution in [1.29, 1.82) is 0 Å². The molecule has 0 aromatic heterocycles. The minimum Gasteiger partial charge on any atom is -0.444 e. The Kier molecular flexibility index (Phi) is 5.74. The van der Waals surface area contributed by atoms with Crippen molar-refractivity contribution in [3.63, 3.8) is 0 Å². The van der Waals surface area contributed by atoms with Crippen molar-refractivity contribution in [2.75, 3.05) is 13.2 Å². The van der Waals surface area contributed by atoms with Gasteiger partial charge in [0, 0.05) is 6.54 Å². The van der Waals surface area contributed by atoms with Gasteiger partial charge in [-0.05, 0) is 45.3 Å². The average molecular weight is 332 g/mol. The molecule has 1 amide bonds. The van der Waals surface area contributed by atoms with Gasteiger partial charge in [0.2, 0.25) is 0 Å². The van der Waals surface area contributed by atoms with Crippen molar-refractivity contribution in [2.45, 2.75) is 83.8 Å². The number of likely N-dealkylation sites (tertiary alicyclic amines) is 1. The Morgan fingerprint density at radius 3 is 2.18 bits per heavy atom. The lowest BCUT2D eigenvalue weighted by molar-refractivity contribution is 0.00791. The van der Waals surface area contributed by atoms with Gasteiger partial charge in [0.15, 0.2) is 8.32 Å². The fourth-order valence-corrected chi connectivity index (χ4v) is 3.67. The second-order valence-electron chi connectivity index (χ2n) is 8.63. The first-order chi connectivity index (χ1) is 9.78. The van der Waals surface area contributed by atoms with Crippen LogP contribution in [-0.2, 0) is 9.16 Å². The fraction of sp³-hybridized carbons (Fsp3) is 0.938. The number of carbonyl (C=O) groups excluding carboxylic acids is 1. The van der Waals surface area contributed by atoms with E-state index < -0.39 is 13.9 Å². The van der Waals surface area contributed by atoms with Crippen LogP contribution in [0, 0.1) is 0 Å². The van der Waals surface area contributed by atoms with Gasteiger partial charge in [-0.25, -0.2) is 4.79 Å². The van der Waals surface area contributed by atoms with Gasteiger partial charge in [-0.1, -0.05) is 20.8 Å². The molecule has 0 aromatic rings. The molecule has 0 saturated carbocycles. The Morgan fingerprint density at radius 2 is 1.77 bits per heavy atom. The maximum atomic E-state index is 12.3. The highest BCUT2D eigenvalue weighted by Gasteiger charge is 2.45. The fourth-order valence-electron chi connectivity index (χ4n) is 2.28. The van der Waals surface area contributed by atoms with Crippen molar-refractivity contribution < 1.29 is 19.1 Å². The third kappa shape index (κ3) is 4.70. The van der Waals surface area contributed by atoms with Crippen LogP contribution in [-0.4, -0.2) is 55.3 Å². The quantitative estimate of drug-likeness (QED) is 0.806. The Morgan fingerprint density at radius 1 is 1.23 bits per heavy atom. The molecule has 1 N–H and O–H groups in total. The number of hydrogen-bond acceptors (Lipinski definition) is 4. The van der Waals surface area contributed by atoms with Gasteiger partial charge < -0.3 is 19.2 Å². The summed E-state index contributed by atoms with van der Waals surface area (Å²) in [4.78, 5) is 13.9. The summed E-state index contributed by atoms with van der Waals surface area (Å²) in [5.41, 5.74) is -0.532. The third-order valence-electron chi connectivity index (χ3n) is 4.55.